The van der Waals surface area contributed by atoms with E-state index in [-0.39, 0.29) is 0 Å². The highest BCUT2D eigenvalue weighted by Gasteiger charge is 2.21. The van der Waals surface area contributed by atoms with E-state index in [1.165, 1.54) is 0 Å². The first-order chi connectivity index (χ1) is 5.24. The van der Waals surface area contributed by atoms with Gasteiger partial charge < -0.3 is 4.90 Å². The van der Waals surface area contributed by atoms with Gasteiger partial charge in [0.05, 0.1) is 0 Å². The summed E-state index contributed by atoms with van der Waals surface area (Å²) < 4.78 is 24.5. The highest BCUT2D eigenvalue weighted by atomic mass is 19.2. The third-order valence-electron chi connectivity index (χ3n) is 2.06. The van der Waals surface area contributed by atoms with Crippen molar-refractivity contribution >= 4 is 0 Å². The van der Waals surface area contributed by atoms with Crippen LogP contribution in [0, 0.1) is 0 Å². The molecule has 1 heterocycles. The van der Waals surface area contributed by atoms with Gasteiger partial charge >= 0.3 is 0 Å². The van der Waals surface area contributed by atoms with Gasteiger partial charge in [-0.15, -0.1) is 0 Å². The molecule has 1 aliphatic heterocycles. The number of alkyl halides is 2. The van der Waals surface area contributed by atoms with Gasteiger partial charge in [0.25, 0.3) is 0 Å². The molecule has 1 saturated heterocycles. The summed E-state index contributed by atoms with van der Waals surface area (Å²) in [5, 5.41) is 0. The molecule has 0 aromatic heterocycles. The standard InChI is InChI=1S/C7H14F2N2/c1-10-2-4-11(5-3-10)7(9)6-8/h7H,2-6H2,1H3. The fraction of sp³-hybridized carbons (Fsp3) is 1.00. The molecule has 0 aliphatic carbocycles. The normalized spacial score (nSPS) is 25.4. The molecule has 0 aromatic carbocycles. The average Bonchev–Trinajstić information content (AvgIpc) is 2.05. The summed E-state index contributed by atoms with van der Waals surface area (Å²) in [6.07, 6.45) is -1.39. The number of nitrogens with zero attached hydrogens (tertiary/aromatic N) is 2. The van der Waals surface area contributed by atoms with E-state index in [4.69, 9.17) is 0 Å². The van der Waals surface area contributed by atoms with Crippen LogP contribution >= 0.6 is 0 Å². The molecule has 66 valence electrons. The maximum absolute atomic E-state index is 12.7. The molecule has 4 heteroatoms. The molecule has 1 unspecified atom stereocenters. The van der Waals surface area contributed by atoms with E-state index in [2.05, 4.69) is 4.90 Å². The minimum absolute atomic E-state index is 0.640. The molecule has 0 spiro atoms. The Morgan fingerprint density at radius 3 is 2.27 bits per heavy atom. The van der Waals surface area contributed by atoms with Crippen molar-refractivity contribution in [2.75, 3.05) is 39.9 Å². The Hall–Kier alpha value is -0.220. The van der Waals surface area contributed by atoms with E-state index in [0.29, 0.717) is 13.1 Å². The molecule has 1 rings (SSSR count). The minimum Gasteiger partial charge on any atom is -0.304 e. The maximum Gasteiger partial charge on any atom is 0.182 e. The lowest BCUT2D eigenvalue weighted by atomic mass is 10.3. The van der Waals surface area contributed by atoms with E-state index in [0.717, 1.165) is 13.1 Å². The molecule has 0 amide bonds. The van der Waals surface area contributed by atoms with Crippen LogP contribution in [0.5, 0.6) is 0 Å². The SMILES string of the molecule is CN1CCN(C(F)CF)CC1. The Balaban J connectivity index is 2.27. The Morgan fingerprint density at radius 2 is 1.82 bits per heavy atom. The molecule has 0 aromatic rings. The molecular formula is C7H14F2N2. The maximum atomic E-state index is 12.7. The lowest BCUT2D eigenvalue weighted by molar-refractivity contribution is 0.0241. The first-order valence-electron chi connectivity index (χ1n) is 3.86. The van der Waals surface area contributed by atoms with Crippen molar-refractivity contribution in [1.29, 1.82) is 0 Å². The second-order valence-corrected chi connectivity index (χ2v) is 2.93. The van der Waals surface area contributed by atoms with Gasteiger partial charge in [-0.2, -0.15) is 0 Å². The summed E-state index contributed by atoms with van der Waals surface area (Å²) in [5.74, 6) is 0. The smallest absolute Gasteiger partial charge is 0.182 e. The van der Waals surface area contributed by atoms with Crippen molar-refractivity contribution in [2.45, 2.75) is 6.30 Å². The van der Waals surface area contributed by atoms with Crippen LogP contribution in [0.15, 0.2) is 0 Å². The van der Waals surface area contributed by atoms with Gasteiger partial charge in [-0.1, -0.05) is 0 Å². The van der Waals surface area contributed by atoms with E-state index in [1.54, 1.807) is 4.90 Å². The summed E-state index contributed by atoms with van der Waals surface area (Å²) in [4.78, 5) is 3.65. The van der Waals surface area contributed by atoms with E-state index in [1.807, 2.05) is 7.05 Å². The van der Waals surface area contributed by atoms with Gasteiger partial charge in [0, 0.05) is 26.2 Å². The van der Waals surface area contributed by atoms with Gasteiger partial charge in [-0.25, -0.2) is 8.78 Å². The monoisotopic (exact) mass is 164 g/mol. The van der Waals surface area contributed by atoms with Gasteiger partial charge in [0.1, 0.15) is 6.67 Å². The first kappa shape index (κ1) is 8.87. The fourth-order valence-corrected chi connectivity index (χ4v) is 1.20. The van der Waals surface area contributed by atoms with Crippen molar-refractivity contribution in [3.05, 3.63) is 0 Å². The second-order valence-electron chi connectivity index (χ2n) is 2.93. The summed E-state index contributed by atoms with van der Waals surface area (Å²) >= 11 is 0. The summed E-state index contributed by atoms with van der Waals surface area (Å²) in [6, 6.07) is 0. The van der Waals surface area contributed by atoms with Crippen LogP contribution < -0.4 is 0 Å². The van der Waals surface area contributed by atoms with E-state index >= 15 is 0 Å². The quantitative estimate of drug-likeness (QED) is 0.548. The van der Waals surface area contributed by atoms with Crippen LogP contribution in [-0.4, -0.2) is 56.0 Å². The highest BCUT2D eigenvalue weighted by molar-refractivity contribution is 4.70. The van der Waals surface area contributed by atoms with Gasteiger partial charge in [0.15, 0.2) is 6.30 Å². The molecule has 1 fully saturated rings. The van der Waals surface area contributed by atoms with Gasteiger partial charge in [-0.05, 0) is 7.05 Å². The predicted octanol–water partition coefficient (Wildman–Crippen LogP) is 0.499. The molecule has 0 saturated carbocycles. The minimum atomic E-state index is -1.39. The zero-order valence-corrected chi connectivity index (χ0v) is 6.76. The Morgan fingerprint density at radius 1 is 1.27 bits per heavy atom. The third-order valence-corrected chi connectivity index (χ3v) is 2.06. The van der Waals surface area contributed by atoms with Crippen LogP contribution in [0.3, 0.4) is 0 Å². The lowest BCUT2D eigenvalue weighted by Gasteiger charge is -2.33. The Kier molecular flexibility index (Phi) is 3.20. The third kappa shape index (κ3) is 2.38. The predicted molar refractivity (Wildman–Crippen MR) is 39.9 cm³/mol. The van der Waals surface area contributed by atoms with Crippen molar-refractivity contribution in [3.8, 4) is 0 Å². The molecule has 0 radical (unpaired) electrons. The number of hydrogen-bond donors (Lipinski definition) is 0. The Labute approximate surface area is 65.8 Å². The number of likely N-dealkylation sites (N-methyl/N-ethyl adjacent to an activating group) is 1. The Bertz CT molecular complexity index is 113. The van der Waals surface area contributed by atoms with Crippen LogP contribution in [0.4, 0.5) is 8.78 Å². The zero-order chi connectivity index (χ0) is 8.27. The number of halogens is 2. The van der Waals surface area contributed by atoms with Crippen LogP contribution in [-0.2, 0) is 0 Å². The van der Waals surface area contributed by atoms with Crippen molar-refractivity contribution in [3.63, 3.8) is 0 Å². The number of rotatable bonds is 2. The second kappa shape index (κ2) is 3.97. The zero-order valence-electron chi connectivity index (χ0n) is 6.76. The number of hydrogen-bond acceptors (Lipinski definition) is 2. The molecule has 0 bridgehead atoms. The largest absolute Gasteiger partial charge is 0.304 e. The van der Waals surface area contributed by atoms with Crippen molar-refractivity contribution < 1.29 is 8.78 Å². The summed E-state index contributed by atoms with van der Waals surface area (Å²) in [6.45, 7) is 2.06. The molecule has 0 N–H and O–H groups in total. The summed E-state index contributed by atoms with van der Waals surface area (Å²) in [7, 11) is 1.99. The van der Waals surface area contributed by atoms with Gasteiger partial charge in [-0.3, -0.25) is 4.90 Å². The topological polar surface area (TPSA) is 6.48 Å². The van der Waals surface area contributed by atoms with E-state index < -0.39 is 13.0 Å². The first-order valence-corrected chi connectivity index (χ1v) is 3.86. The average molecular weight is 164 g/mol. The van der Waals surface area contributed by atoms with Crippen LogP contribution in [0.2, 0.25) is 0 Å². The molecule has 1 atom stereocenters. The molecule has 2 nitrogen and oxygen atoms in total. The lowest BCUT2D eigenvalue weighted by Crippen LogP contribution is -2.48. The molecule has 1 aliphatic rings. The fourth-order valence-electron chi connectivity index (χ4n) is 1.20. The summed E-state index contributed by atoms with van der Waals surface area (Å²) in [5.41, 5.74) is 0. The molecular weight excluding hydrogens is 150 g/mol. The van der Waals surface area contributed by atoms with Crippen LogP contribution in [0.25, 0.3) is 0 Å². The highest BCUT2D eigenvalue weighted by Crippen LogP contribution is 2.06. The number of piperazine rings is 1. The van der Waals surface area contributed by atoms with Crippen LogP contribution in [0.1, 0.15) is 0 Å². The molecule has 11 heavy (non-hydrogen) atoms. The van der Waals surface area contributed by atoms with Gasteiger partial charge in [0.2, 0.25) is 0 Å². The van der Waals surface area contributed by atoms with Crippen molar-refractivity contribution in [2.24, 2.45) is 0 Å². The van der Waals surface area contributed by atoms with E-state index in [9.17, 15) is 8.78 Å². The van der Waals surface area contributed by atoms with Crippen molar-refractivity contribution in [1.82, 2.24) is 9.80 Å².